The largest absolute Gasteiger partial charge is 0.497 e. The maximum absolute atomic E-state index is 12.7. The van der Waals surface area contributed by atoms with Crippen molar-refractivity contribution >= 4 is 17.8 Å². The number of imide groups is 1. The van der Waals surface area contributed by atoms with Crippen molar-refractivity contribution < 1.29 is 19.1 Å². The van der Waals surface area contributed by atoms with Gasteiger partial charge in [0.25, 0.3) is 5.91 Å². The summed E-state index contributed by atoms with van der Waals surface area (Å²) < 4.78 is 5.13. The SMILES string of the molecule is COc1ccc(CN2C(=O)N[C@H](CC(=O)NC[C@H]3CCCN4CCCC[C@H]34)C2=O)cc1. The molecule has 3 saturated heterocycles. The van der Waals surface area contributed by atoms with Gasteiger partial charge in [-0.15, -0.1) is 0 Å². The Labute approximate surface area is 183 Å². The molecule has 1 aromatic carbocycles. The molecular formula is C23H32N4O4. The summed E-state index contributed by atoms with van der Waals surface area (Å²) in [6.45, 7) is 3.15. The van der Waals surface area contributed by atoms with Gasteiger partial charge in [0, 0.05) is 12.6 Å². The molecule has 0 saturated carbocycles. The van der Waals surface area contributed by atoms with Gasteiger partial charge in [-0.25, -0.2) is 4.79 Å². The Kier molecular flexibility index (Phi) is 6.75. The van der Waals surface area contributed by atoms with Crippen molar-refractivity contribution in [2.24, 2.45) is 5.92 Å². The number of urea groups is 1. The van der Waals surface area contributed by atoms with Crippen molar-refractivity contribution in [3.8, 4) is 5.75 Å². The van der Waals surface area contributed by atoms with E-state index in [4.69, 9.17) is 4.74 Å². The van der Waals surface area contributed by atoms with E-state index >= 15 is 0 Å². The van der Waals surface area contributed by atoms with Crippen molar-refractivity contribution in [1.29, 1.82) is 0 Å². The number of carbonyl (C=O) groups is 3. The summed E-state index contributed by atoms with van der Waals surface area (Å²) in [7, 11) is 1.58. The summed E-state index contributed by atoms with van der Waals surface area (Å²) in [6, 6.07) is 6.52. The van der Waals surface area contributed by atoms with Crippen LogP contribution < -0.4 is 15.4 Å². The molecule has 3 aliphatic rings. The predicted molar refractivity (Wildman–Crippen MR) is 115 cm³/mol. The Morgan fingerprint density at radius 3 is 2.68 bits per heavy atom. The average Bonchev–Trinajstić information content (AvgIpc) is 3.05. The normalized spacial score (nSPS) is 26.4. The molecule has 3 atom stereocenters. The number of nitrogens with zero attached hydrogens (tertiary/aromatic N) is 2. The van der Waals surface area contributed by atoms with Crippen LogP contribution in [-0.4, -0.2) is 66.5 Å². The fourth-order valence-electron chi connectivity index (χ4n) is 5.10. The van der Waals surface area contributed by atoms with Crippen LogP contribution in [0.5, 0.6) is 5.75 Å². The zero-order chi connectivity index (χ0) is 21.8. The molecule has 0 spiro atoms. The van der Waals surface area contributed by atoms with Gasteiger partial charge in [0.15, 0.2) is 0 Å². The highest BCUT2D eigenvalue weighted by Gasteiger charge is 2.39. The number of piperidine rings is 2. The van der Waals surface area contributed by atoms with Gasteiger partial charge in [0.2, 0.25) is 5.91 Å². The fourth-order valence-corrected chi connectivity index (χ4v) is 5.10. The van der Waals surface area contributed by atoms with Crippen molar-refractivity contribution in [2.45, 2.75) is 57.2 Å². The van der Waals surface area contributed by atoms with E-state index in [9.17, 15) is 14.4 Å². The van der Waals surface area contributed by atoms with Gasteiger partial charge in [-0.05, 0) is 62.4 Å². The van der Waals surface area contributed by atoms with Crippen LogP contribution in [0.2, 0.25) is 0 Å². The Bertz CT molecular complexity index is 810. The molecule has 3 aliphatic heterocycles. The molecule has 0 aromatic heterocycles. The lowest BCUT2D eigenvalue weighted by molar-refractivity contribution is -0.131. The Balaban J connectivity index is 1.27. The summed E-state index contributed by atoms with van der Waals surface area (Å²) in [5.41, 5.74) is 0.823. The second-order valence-corrected chi connectivity index (χ2v) is 8.78. The van der Waals surface area contributed by atoms with Crippen LogP contribution in [0.4, 0.5) is 4.79 Å². The minimum absolute atomic E-state index is 0.0230. The van der Waals surface area contributed by atoms with Gasteiger partial charge in [-0.3, -0.25) is 14.5 Å². The van der Waals surface area contributed by atoms with Gasteiger partial charge in [-0.1, -0.05) is 18.6 Å². The smallest absolute Gasteiger partial charge is 0.325 e. The van der Waals surface area contributed by atoms with E-state index in [2.05, 4.69) is 15.5 Å². The molecular weight excluding hydrogens is 396 g/mol. The van der Waals surface area contributed by atoms with Crippen LogP contribution in [0.25, 0.3) is 0 Å². The number of rotatable bonds is 7. The van der Waals surface area contributed by atoms with Gasteiger partial charge >= 0.3 is 6.03 Å². The van der Waals surface area contributed by atoms with Gasteiger partial charge in [-0.2, -0.15) is 0 Å². The highest BCUT2D eigenvalue weighted by molar-refractivity contribution is 6.05. The van der Waals surface area contributed by atoms with Gasteiger partial charge in [0.1, 0.15) is 11.8 Å². The number of nitrogens with one attached hydrogen (secondary N) is 2. The third kappa shape index (κ3) is 5.01. The minimum atomic E-state index is -0.803. The third-order valence-electron chi connectivity index (χ3n) is 6.79. The van der Waals surface area contributed by atoms with E-state index < -0.39 is 12.1 Å². The average molecular weight is 429 g/mol. The highest BCUT2D eigenvalue weighted by atomic mass is 16.5. The second kappa shape index (κ2) is 9.68. The van der Waals surface area contributed by atoms with E-state index in [0.29, 0.717) is 24.3 Å². The molecule has 8 heteroatoms. The first kappa shape index (κ1) is 21.6. The number of ether oxygens (including phenoxy) is 1. The number of benzene rings is 1. The number of carbonyl (C=O) groups excluding carboxylic acids is 3. The van der Waals surface area contributed by atoms with Crippen LogP contribution in [-0.2, 0) is 16.1 Å². The molecule has 0 bridgehead atoms. The first-order chi connectivity index (χ1) is 15.0. The number of hydrogen-bond donors (Lipinski definition) is 2. The molecule has 168 valence electrons. The first-order valence-electron chi connectivity index (χ1n) is 11.3. The summed E-state index contributed by atoms with van der Waals surface area (Å²) >= 11 is 0. The minimum Gasteiger partial charge on any atom is -0.497 e. The quantitative estimate of drug-likeness (QED) is 0.647. The Hall–Kier alpha value is -2.61. The fraction of sp³-hybridized carbons (Fsp3) is 0.609. The zero-order valence-corrected chi connectivity index (χ0v) is 18.1. The van der Waals surface area contributed by atoms with Crippen LogP contribution in [0, 0.1) is 5.92 Å². The van der Waals surface area contributed by atoms with Crippen LogP contribution >= 0.6 is 0 Å². The zero-order valence-electron chi connectivity index (χ0n) is 18.1. The van der Waals surface area contributed by atoms with Crippen molar-refractivity contribution in [1.82, 2.24) is 20.4 Å². The van der Waals surface area contributed by atoms with E-state index in [1.807, 2.05) is 12.1 Å². The number of amides is 4. The lowest BCUT2D eigenvalue weighted by atomic mass is 9.83. The van der Waals surface area contributed by atoms with Gasteiger partial charge < -0.3 is 20.3 Å². The van der Waals surface area contributed by atoms with Crippen LogP contribution in [0.15, 0.2) is 24.3 Å². The van der Waals surface area contributed by atoms with E-state index in [0.717, 1.165) is 12.0 Å². The Morgan fingerprint density at radius 2 is 1.90 bits per heavy atom. The maximum Gasteiger partial charge on any atom is 0.325 e. The highest BCUT2D eigenvalue weighted by Crippen LogP contribution is 2.30. The van der Waals surface area contributed by atoms with Crippen LogP contribution in [0.1, 0.15) is 44.1 Å². The maximum atomic E-state index is 12.7. The molecule has 2 N–H and O–H groups in total. The van der Waals surface area contributed by atoms with Crippen molar-refractivity contribution in [3.05, 3.63) is 29.8 Å². The molecule has 31 heavy (non-hydrogen) atoms. The molecule has 0 unspecified atom stereocenters. The molecule has 3 heterocycles. The molecule has 8 nitrogen and oxygen atoms in total. The standard InChI is InChI=1S/C23H32N4O4/c1-31-18-9-7-16(8-10-18)15-27-22(29)19(25-23(27)30)13-21(28)24-14-17-5-4-12-26-11-3-2-6-20(17)26/h7-10,17,19-20H,2-6,11-15H2,1H3,(H,24,28)(H,25,30)/t17-,19-,20-/m1/s1. The second-order valence-electron chi connectivity index (χ2n) is 8.78. The molecule has 0 aliphatic carbocycles. The molecule has 0 radical (unpaired) electrons. The van der Waals surface area contributed by atoms with E-state index in [-0.39, 0.29) is 24.8 Å². The molecule has 4 amide bonds. The summed E-state index contributed by atoms with van der Waals surface area (Å²) in [4.78, 5) is 41.3. The molecule has 1 aromatic rings. The molecule has 3 fully saturated rings. The topological polar surface area (TPSA) is 91.0 Å². The third-order valence-corrected chi connectivity index (χ3v) is 6.79. The lowest BCUT2D eigenvalue weighted by Gasteiger charge is -2.44. The van der Waals surface area contributed by atoms with E-state index in [1.165, 1.54) is 43.7 Å². The van der Waals surface area contributed by atoms with Crippen molar-refractivity contribution in [3.63, 3.8) is 0 Å². The predicted octanol–water partition coefficient (Wildman–Crippen LogP) is 1.89. The molecule has 4 rings (SSSR count). The Morgan fingerprint density at radius 1 is 1.13 bits per heavy atom. The lowest BCUT2D eigenvalue weighted by Crippen LogP contribution is -2.51. The summed E-state index contributed by atoms with van der Waals surface area (Å²) in [6.07, 6.45) is 6.03. The van der Waals surface area contributed by atoms with Crippen LogP contribution in [0.3, 0.4) is 0 Å². The monoisotopic (exact) mass is 428 g/mol. The first-order valence-corrected chi connectivity index (χ1v) is 11.3. The number of methoxy groups -OCH3 is 1. The van der Waals surface area contributed by atoms with E-state index in [1.54, 1.807) is 19.2 Å². The number of fused-ring (bicyclic) bond motifs is 1. The van der Waals surface area contributed by atoms with Crippen molar-refractivity contribution in [2.75, 3.05) is 26.7 Å². The summed E-state index contributed by atoms with van der Waals surface area (Å²) in [5, 5.41) is 5.68. The van der Waals surface area contributed by atoms with Gasteiger partial charge in [0.05, 0.1) is 20.1 Å². The number of hydrogen-bond acceptors (Lipinski definition) is 5. The summed E-state index contributed by atoms with van der Waals surface area (Å²) in [5.74, 6) is 0.647.